The van der Waals surface area contributed by atoms with Crippen LogP contribution in [-0.2, 0) is 13.6 Å². The van der Waals surface area contributed by atoms with Crippen molar-refractivity contribution in [3.63, 3.8) is 0 Å². The molecule has 106 valence electrons. The molecule has 1 atom stereocenters. The minimum atomic E-state index is -0.201. The van der Waals surface area contributed by atoms with Gasteiger partial charge in [0, 0.05) is 38.3 Å². The van der Waals surface area contributed by atoms with E-state index >= 15 is 0 Å². The second-order valence-corrected chi connectivity index (χ2v) is 5.91. The zero-order valence-corrected chi connectivity index (χ0v) is 11.9. The van der Waals surface area contributed by atoms with Crippen molar-refractivity contribution < 1.29 is 5.11 Å². The molecule has 19 heavy (non-hydrogen) atoms. The fraction of sp³-hybridized carbons (Fsp3) is 0.786. The molecule has 1 saturated carbocycles. The quantitative estimate of drug-likeness (QED) is 0.850. The Balaban J connectivity index is 1.81. The summed E-state index contributed by atoms with van der Waals surface area (Å²) >= 11 is 0. The van der Waals surface area contributed by atoms with Gasteiger partial charge in [0.25, 0.3) is 0 Å². The third-order valence-electron chi connectivity index (χ3n) is 4.15. The second kappa shape index (κ2) is 5.13. The highest BCUT2D eigenvalue weighted by Crippen LogP contribution is 2.27. The zero-order chi connectivity index (χ0) is 13.4. The van der Waals surface area contributed by atoms with E-state index in [0.717, 1.165) is 38.2 Å². The van der Waals surface area contributed by atoms with E-state index < -0.39 is 0 Å². The average Bonchev–Trinajstić information content (AvgIpc) is 3.13. The van der Waals surface area contributed by atoms with E-state index in [9.17, 15) is 5.11 Å². The number of anilines is 1. The van der Waals surface area contributed by atoms with Crippen molar-refractivity contribution in [2.24, 2.45) is 7.05 Å². The Hall–Kier alpha value is -1.07. The van der Waals surface area contributed by atoms with E-state index in [-0.39, 0.29) is 6.10 Å². The lowest BCUT2D eigenvalue weighted by atomic mass is 10.1. The molecule has 5 nitrogen and oxygen atoms in total. The lowest BCUT2D eigenvalue weighted by Crippen LogP contribution is -2.40. The van der Waals surface area contributed by atoms with Crippen molar-refractivity contribution in [1.82, 2.24) is 15.1 Å². The summed E-state index contributed by atoms with van der Waals surface area (Å²) in [4.78, 5) is 2.29. The third-order valence-corrected chi connectivity index (χ3v) is 4.15. The molecule has 1 aromatic heterocycles. The number of hydrogen-bond acceptors (Lipinski definition) is 4. The van der Waals surface area contributed by atoms with Gasteiger partial charge < -0.3 is 15.3 Å². The Morgan fingerprint density at radius 1 is 1.37 bits per heavy atom. The van der Waals surface area contributed by atoms with Crippen LogP contribution in [0, 0.1) is 6.92 Å². The highest BCUT2D eigenvalue weighted by molar-refractivity contribution is 5.50. The molecule has 1 saturated heterocycles. The number of aliphatic hydroxyl groups is 1. The molecule has 2 N–H and O–H groups in total. The Kier molecular flexibility index (Phi) is 3.50. The first-order valence-corrected chi connectivity index (χ1v) is 7.34. The van der Waals surface area contributed by atoms with E-state index in [1.807, 2.05) is 11.7 Å². The Labute approximate surface area is 114 Å². The number of aliphatic hydroxyl groups excluding tert-OH is 1. The van der Waals surface area contributed by atoms with Gasteiger partial charge in [-0.15, -0.1) is 0 Å². The van der Waals surface area contributed by atoms with Crippen LogP contribution < -0.4 is 10.2 Å². The van der Waals surface area contributed by atoms with Gasteiger partial charge in [-0.1, -0.05) is 0 Å². The number of aryl methyl sites for hydroxylation is 2. The summed E-state index contributed by atoms with van der Waals surface area (Å²) in [5, 5.41) is 18.0. The first-order valence-electron chi connectivity index (χ1n) is 7.34. The minimum Gasteiger partial charge on any atom is -0.391 e. The van der Waals surface area contributed by atoms with Gasteiger partial charge in [0.1, 0.15) is 5.82 Å². The normalized spacial score (nSPS) is 23.9. The van der Waals surface area contributed by atoms with Crippen LogP contribution in [0.3, 0.4) is 0 Å². The molecule has 1 aliphatic heterocycles. The second-order valence-electron chi connectivity index (χ2n) is 5.91. The Morgan fingerprint density at radius 2 is 2.16 bits per heavy atom. The molecule has 2 fully saturated rings. The number of nitrogens with one attached hydrogen (secondary N) is 1. The molecule has 0 spiro atoms. The largest absolute Gasteiger partial charge is 0.391 e. The number of rotatable bonds is 4. The smallest absolute Gasteiger partial charge is 0.131 e. The van der Waals surface area contributed by atoms with E-state index in [4.69, 9.17) is 0 Å². The molecule has 0 aromatic carbocycles. The molecule has 5 heteroatoms. The van der Waals surface area contributed by atoms with Gasteiger partial charge in [0.05, 0.1) is 11.8 Å². The fourth-order valence-electron chi connectivity index (χ4n) is 2.97. The molecular weight excluding hydrogens is 240 g/mol. The van der Waals surface area contributed by atoms with E-state index in [0.29, 0.717) is 6.04 Å². The van der Waals surface area contributed by atoms with Gasteiger partial charge in [-0.05, 0) is 32.6 Å². The Morgan fingerprint density at radius 3 is 2.84 bits per heavy atom. The lowest BCUT2D eigenvalue weighted by molar-refractivity contribution is 0.153. The number of β-amino-alcohol motifs (C(OH)–C–C–N with tert-alkyl or cyclic N) is 1. The molecule has 0 amide bonds. The lowest BCUT2D eigenvalue weighted by Gasteiger charge is -2.32. The SMILES string of the molecule is Cc1nn(C)c(N2CCCC(O)C2)c1CNC1CC1. The van der Waals surface area contributed by atoms with Crippen molar-refractivity contribution in [1.29, 1.82) is 0 Å². The van der Waals surface area contributed by atoms with E-state index in [1.54, 1.807) is 0 Å². The van der Waals surface area contributed by atoms with Crippen LogP contribution in [-0.4, -0.2) is 40.1 Å². The monoisotopic (exact) mass is 264 g/mol. The molecule has 1 aliphatic carbocycles. The molecule has 1 aromatic rings. The maximum atomic E-state index is 9.87. The predicted molar refractivity (Wildman–Crippen MR) is 75.3 cm³/mol. The minimum absolute atomic E-state index is 0.201. The Bertz CT molecular complexity index is 453. The number of piperidine rings is 1. The standard InChI is InChI=1S/C14H24N4O/c1-10-13(8-15-11-5-6-11)14(17(2)16-10)18-7-3-4-12(19)9-18/h11-12,15,19H,3-9H2,1-2H3. The molecule has 0 radical (unpaired) electrons. The summed E-state index contributed by atoms with van der Waals surface area (Å²) in [7, 11) is 2.00. The third kappa shape index (κ3) is 2.77. The van der Waals surface area contributed by atoms with Crippen molar-refractivity contribution in [2.45, 2.75) is 51.3 Å². The van der Waals surface area contributed by atoms with Gasteiger partial charge in [-0.3, -0.25) is 4.68 Å². The molecule has 2 heterocycles. The summed E-state index contributed by atoms with van der Waals surface area (Å²) in [6, 6.07) is 0.708. The zero-order valence-electron chi connectivity index (χ0n) is 11.9. The van der Waals surface area contributed by atoms with Gasteiger partial charge >= 0.3 is 0 Å². The summed E-state index contributed by atoms with van der Waals surface area (Å²) in [5.41, 5.74) is 2.40. The number of hydrogen-bond donors (Lipinski definition) is 2. The van der Waals surface area contributed by atoms with Crippen molar-refractivity contribution in [2.75, 3.05) is 18.0 Å². The summed E-state index contributed by atoms with van der Waals surface area (Å²) < 4.78 is 1.97. The van der Waals surface area contributed by atoms with Crippen LogP contribution in [0.15, 0.2) is 0 Å². The fourth-order valence-corrected chi connectivity index (χ4v) is 2.97. The predicted octanol–water partition coefficient (Wildman–Crippen LogP) is 0.942. The maximum Gasteiger partial charge on any atom is 0.131 e. The summed E-state index contributed by atoms with van der Waals surface area (Å²) in [6.07, 6.45) is 4.38. The van der Waals surface area contributed by atoms with Crippen LogP contribution in [0.4, 0.5) is 5.82 Å². The van der Waals surface area contributed by atoms with Crippen molar-refractivity contribution in [3.05, 3.63) is 11.3 Å². The molecule has 3 rings (SSSR count). The highest BCUT2D eigenvalue weighted by Gasteiger charge is 2.26. The van der Waals surface area contributed by atoms with Gasteiger partial charge in [-0.25, -0.2) is 0 Å². The first kappa shape index (κ1) is 12.9. The molecule has 0 bridgehead atoms. The van der Waals surface area contributed by atoms with Crippen molar-refractivity contribution >= 4 is 5.82 Å². The molecule has 1 unspecified atom stereocenters. The summed E-state index contributed by atoms with van der Waals surface area (Å²) in [5.74, 6) is 1.18. The van der Waals surface area contributed by atoms with Gasteiger partial charge in [-0.2, -0.15) is 5.10 Å². The van der Waals surface area contributed by atoms with Crippen LogP contribution in [0.2, 0.25) is 0 Å². The molecule has 2 aliphatic rings. The summed E-state index contributed by atoms with van der Waals surface area (Å²) in [6.45, 7) is 4.72. The number of aromatic nitrogens is 2. The molecular formula is C14H24N4O. The average molecular weight is 264 g/mol. The maximum absolute atomic E-state index is 9.87. The highest BCUT2D eigenvalue weighted by atomic mass is 16.3. The van der Waals surface area contributed by atoms with Crippen LogP contribution >= 0.6 is 0 Å². The topological polar surface area (TPSA) is 53.3 Å². The number of nitrogens with zero attached hydrogens (tertiary/aromatic N) is 3. The van der Waals surface area contributed by atoms with Gasteiger partial charge in [0.15, 0.2) is 0 Å². The van der Waals surface area contributed by atoms with E-state index in [1.165, 1.54) is 24.2 Å². The van der Waals surface area contributed by atoms with Gasteiger partial charge in [0.2, 0.25) is 0 Å². The van der Waals surface area contributed by atoms with Crippen molar-refractivity contribution in [3.8, 4) is 0 Å². The van der Waals surface area contributed by atoms with Crippen LogP contribution in [0.25, 0.3) is 0 Å². The van der Waals surface area contributed by atoms with E-state index in [2.05, 4.69) is 22.2 Å². The van der Waals surface area contributed by atoms with Crippen LogP contribution in [0.1, 0.15) is 36.9 Å². The van der Waals surface area contributed by atoms with Crippen LogP contribution in [0.5, 0.6) is 0 Å². The first-order chi connectivity index (χ1) is 9.15.